The number of pyridine rings is 1. The zero-order valence-electron chi connectivity index (χ0n) is 23.6. The Bertz CT molecular complexity index is 1640. The summed E-state index contributed by atoms with van der Waals surface area (Å²) in [5.74, 6) is -0.891. The highest BCUT2D eigenvalue weighted by Crippen LogP contribution is 2.33. The molecular weight excluding hydrogens is 569 g/mol. The largest absolute Gasteiger partial charge is 0.444 e. The van der Waals surface area contributed by atoms with E-state index < -0.39 is 42.1 Å². The van der Waals surface area contributed by atoms with Crippen LogP contribution in [0.4, 0.5) is 29.5 Å². The Kier molecular flexibility index (Phi) is 8.22. The number of carbonyl (C=O) groups excluding carboxylic acids is 2. The lowest BCUT2D eigenvalue weighted by Gasteiger charge is -2.27. The van der Waals surface area contributed by atoms with Crippen LogP contribution in [-0.2, 0) is 11.3 Å². The number of nitrogens with zero attached hydrogens (tertiary/aromatic N) is 5. The van der Waals surface area contributed by atoms with Crippen LogP contribution < -0.4 is 10.2 Å². The van der Waals surface area contributed by atoms with Crippen molar-refractivity contribution in [2.45, 2.75) is 52.2 Å². The molecule has 5 rings (SSSR count). The van der Waals surface area contributed by atoms with Gasteiger partial charge in [-0.15, -0.1) is 0 Å². The van der Waals surface area contributed by atoms with Crippen LogP contribution in [-0.4, -0.2) is 49.0 Å². The molecule has 1 aromatic carbocycles. The molecule has 0 spiro atoms. The molecule has 1 saturated carbocycles. The summed E-state index contributed by atoms with van der Waals surface area (Å²) in [4.78, 5) is 35.9. The summed E-state index contributed by atoms with van der Waals surface area (Å²) in [7, 11) is 0. The molecule has 2 amide bonds. The maximum atomic E-state index is 14.1. The summed E-state index contributed by atoms with van der Waals surface area (Å²) >= 11 is 0. The number of hydrogen-bond acceptors (Lipinski definition) is 8. The fourth-order valence-electron chi connectivity index (χ4n) is 4.12. The minimum absolute atomic E-state index is 0.0298. The Morgan fingerprint density at radius 3 is 2.65 bits per heavy atom. The normalized spacial score (nSPS) is 13.3. The number of aliphatic hydroxyl groups excluding tert-OH is 1. The molecule has 0 bridgehead atoms. The van der Waals surface area contributed by atoms with Gasteiger partial charge in [0.15, 0.2) is 11.4 Å². The Morgan fingerprint density at radius 2 is 2.00 bits per heavy atom. The van der Waals surface area contributed by atoms with Crippen LogP contribution in [0.15, 0.2) is 53.4 Å². The number of anilines is 2. The highest BCUT2D eigenvalue weighted by Gasteiger charge is 2.31. The Hall–Kier alpha value is -4.72. The van der Waals surface area contributed by atoms with Gasteiger partial charge < -0.3 is 19.6 Å². The number of aromatic nitrogens is 4. The third-order valence-corrected chi connectivity index (χ3v) is 6.43. The monoisotopic (exact) mass is 598 g/mol. The SMILES string of the molecule is CC(C)(C)OC(=O)N(CC1CC1)c1cc(-c2nc(C(=O)Nc3cn(-c4ccc(CO)c(F)c4)nc3C(F)F)co2)ccn1. The number of aliphatic hydroxyl groups is 1. The molecule has 4 aromatic rings. The van der Waals surface area contributed by atoms with Gasteiger partial charge in [0.2, 0.25) is 5.89 Å². The van der Waals surface area contributed by atoms with Crippen molar-refractivity contribution >= 4 is 23.5 Å². The van der Waals surface area contributed by atoms with Crippen LogP contribution in [0.3, 0.4) is 0 Å². The highest BCUT2D eigenvalue weighted by atomic mass is 19.3. The second kappa shape index (κ2) is 11.9. The topological polar surface area (TPSA) is 136 Å². The number of amides is 2. The second-order valence-corrected chi connectivity index (χ2v) is 11.0. The van der Waals surface area contributed by atoms with Crippen molar-refractivity contribution in [1.82, 2.24) is 19.7 Å². The van der Waals surface area contributed by atoms with Gasteiger partial charge >= 0.3 is 6.09 Å². The molecule has 1 aliphatic rings. The first kappa shape index (κ1) is 29.8. The molecule has 1 fully saturated rings. The average Bonchev–Trinajstić information content (AvgIpc) is 3.45. The highest BCUT2D eigenvalue weighted by molar-refractivity contribution is 6.03. The van der Waals surface area contributed by atoms with Crippen molar-refractivity contribution in [2.75, 3.05) is 16.8 Å². The molecule has 0 saturated heterocycles. The number of oxazole rings is 1. The summed E-state index contributed by atoms with van der Waals surface area (Å²) in [5.41, 5.74) is -1.40. The molecule has 3 heterocycles. The van der Waals surface area contributed by atoms with Crippen LogP contribution in [0.5, 0.6) is 0 Å². The quantitative estimate of drug-likeness (QED) is 0.243. The predicted octanol–water partition coefficient (Wildman–Crippen LogP) is 5.90. The van der Waals surface area contributed by atoms with E-state index in [0.717, 1.165) is 36.0 Å². The van der Waals surface area contributed by atoms with Gasteiger partial charge in [0.25, 0.3) is 12.3 Å². The fraction of sp³-hybridized carbons (Fsp3) is 0.345. The fourth-order valence-corrected chi connectivity index (χ4v) is 4.12. The number of benzene rings is 1. The van der Waals surface area contributed by atoms with E-state index in [1.54, 1.807) is 32.9 Å². The maximum Gasteiger partial charge on any atom is 0.416 e. The van der Waals surface area contributed by atoms with Crippen molar-refractivity contribution in [1.29, 1.82) is 0 Å². The van der Waals surface area contributed by atoms with Crippen LogP contribution in [0.1, 0.15) is 61.8 Å². The number of halogens is 3. The lowest BCUT2D eigenvalue weighted by atomic mass is 10.2. The van der Waals surface area contributed by atoms with Crippen molar-refractivity contribution < 1.29 is 37.0 Å². The molecular formula is C29H29F3N6O5. The lowest BCUT2D eigenvalue weighted by molar-refractivity contribution is 0.0577. The van der Waals surface area contributed by atoms with Crippen molar-refractivity contribution in [3.05, 3.63) is 71.8 Å². The van der Waals surface area contributed by atoms with Gasteiger partial charge in [0, 0.05) is 23.9 Å². The minimum Gasteiger partial charge on any atom is -0.444 e. The summed E-state index contributed by atoms with van der Waals surface area (Å²) < 4.78 is 53.7. The van der Waals surface area contributed by atoms with E-state index in [4.69, 9.17) is 14.3 Å². The van der Waals surface area contributed by atoms with E-state index >= 15 is 0 Å². The number of alkyl halides is 2. The molecule has 0 atom stereocenters. The zero-order valence-corrected chi connectivity index (χ0v) is 23.6. The zero-order chi connectivity index (χ0) is 30.9. The van der Waals surface area contributed by atoms with Crippen LogP contribution >= 0.6 is 0 Å². The van der Waals surface area contributed by atoms with E-state index in [-0.39, 0.29) is 28.5 Å². The Balaban J connectivity index is 1.36. The third kappa shape index (κ3) is 7.02. The number of ether oxygens (including phenoxy) is 1. The first-order valence-electron chi connectivity index (χ1n) is 13.4. The molecule has 11 nitrogen and oxygen atoms in total. The maximum absolute atomic E-state index is 14.1. The molecule has 1 aliphatic carbocycles. The standard InChI is InChI=1S/C29H29F3N6O5/c1-29(2,3)43-28(41)37(12-16-4-5-16)23-10-17(8-9-33-23)27-35-22(15-42-27)26(40)34-21-13-38(36-24(21)25(31)32)19-7-6-18(14-39)20(30)11-19/h6-11,13,15-16,25,39H,4-5,12,14H2,1-3H3,(H,34,40). The van der Waals surface area contributed by atoms with E-state index in [1.807, 2.05) is 0 Å². The van der Waals surface area contributed by atoms with E-state index in [0.29, 0.717) is 23.8 Å². The molecule has 0 aliphatic heterocycles. The molecule has 0 unspecified atom stereocenters. The van der Waals surface area contributed by atoms with Gasteiger partial charge in [0.1, 0.15) is 23.5 Å². The summed E-state index contributed by atoms with van der Waals surface area (Å²) in [6.45, 7) is 5.22. The number of nitrogens with one attached hydrogen (secondary N) is 1. The van der Waals surface area contributed by atoms with Gasteiger partial charge in [-0.2, -0.15) is 5.10 Å². The van der Waals surface area contributed by atoms with Crippen LogP contribution in [0.2, 0.25) is 0 Å². The molecule has 226 valence electrons. The number of rotatable bonds is 9. The van der Waals surface area contributed by atoms with E-state index in [2.05, 4.69) is 20.4 Å². The molecule has 14 heteroatoms. The Labute approximate surface area is 244 Å². The van der Waals surface area contributed by atoms with Crippen molar-refractivity contribution in [3.8, 4) is 17.1 Å². The van der Waals surface area contributed by atoms with Gasteiger partial charge in [-0.1, -0.05) is 6.07 Å². The Morgan fingerprint density at radius 1 is 1.23 bits per heavy atom. The second-order valence-electron chi connectivity index (χ2n) is 11.0. The number of hydrogen-bond donors (Lipinski definition) is 2. The molecule has 0 radical (unpaired) electrons. The minimum atomic E-state index is -3.05. The first-order valence-corrected chi connectivity index (χ1v) is 13.4. The molecule has 43 heavy (non-hydrogen) atoms. The van der Waals surface area contributed by atoms with Crippen LogP contribution in [0.25, 0.3) is 17.1 Å². The summed E-state index contributed by atoms with van der Waals surface area (Å²) in [6, 6.07) is 6.89. The van der Waals surface area contributed by atoms with Gasteiger partial charge in [-0.05, 0) is 63.8 Å². The smallest absolute Gasteiger partial charge is 0.416 e. The van der Waals surface area contributed by atoms with Crippen LogP contribution in [0, 0.1) is 11.7 Å². The van der Waals surface area contributed by atoms with Gasteiger partial charge in [-0.3, -0.25) is 9.69 Å². The van der Waals surface area contributed by atoms with Crippen molar-refractivity contribution in [3.63, 3.8) is 0 Å². The third-order valence-electron chi connectivity index (χ3n) is 6.43. The lowest BCUT2D eigenvalue weighted by Crippen LogP contribution is -2.38. The van der Waals surface area contributed by atoms with Gasteiger partial charge in [-0.25, -0.2) is 32.6 Å². The average molecular weight is 599 g/mol. The van der Waals surface area contributed by atoms with Crippen molar-refractivity contribution in [2.24, 2.45) is 5.92 Å². The number of carbonyl (C=O) groups is 2. The predicted molar refractivity (Wildman–Crippen MR) is 148 cm³/mol. The van der Waals surface area contributed by atoms with E-state index in [9.17, 15) is 22.8 Å². The molecule has 2 N–H and O–H groups in total. The first-order chi connectivity index (χ1) is 20.4. The van der Waals surface area contributed by atoms with Gasteiger partial charge in [0.05, 0.1) is 24.2 Å². The summed E-state index contributed by atoms with van der Waals surface area (Å²) in [6.07, 6.45) is 2.05. The molecule has 3 aromatic heterocycles. The summed E-state index contributed by atoms with van der Waals surface area (Å²) in [5, 5.41) is 15.3. The van der Waals surface area contributed by atoms with E-state index in [1.165, 1.54) is 23.2 Å².